The van der Waals surface area contributed by atoms with E-state index in [-0.39, 0.29) is 11.9 Å². The maximum atomic E-state index is 13.3. The van der Waals surface area contributed by atoms with Gasteiger partial charge in [0.05, 0.1) is 7.11 Å². The lowest BCUT2D eigenvalue weighted by Gasteiger charge is -2.16. The molecule has 1 heterocycles. The van der Waals surface area contributed by atoms with Gasteiger partial charge in [0.15, 0.2) is 0 Å². The smallest absolute Gasteiger partial charge is 0.407 e. The Balaban J connectivity index is 1.89. The molecule has 2 rings (SSSR count). The zero-order valence-corrected chi connectivity index (χ0v) is 12.2. The SMILES string of the molecule is COC(=O)NC1CCN(Cc2cc(F)cc(Br)c2)C1. The molecule has 1 amide bonds. The average molecular weight is 331 g/mol. The van der Waals surface area contributed by atoms with Crippen LogP contribution in [0.3, 0.4) is 0 Å². The van der Waals surface area contributed by atoms with Crippen LogP contribution in [0, 0.1) is 5.82 Å². The van der Waals surface area contributed by atoms with E-state index in [0.29, 0.717) is 6.54 Å². The van der Waals surface area contributed by atoms with Crippen molar-refractivity contribution in [1.29, 1.82) is 0 Å². The summed E-state index contributed by atoms with van der Waals surface area (Å²) in [6.07, 6.45) is 0.478. The van der Waals surface area contributed by atoms with Gasteiger partial charge in [-0.3, -0.25) is 4.90 Å². The Bertz CT molecular complexity index is 450. The highest BCUT2D eigenvalue weighted by Gasteiger charge is 2.24. The van der Waals surface area contributed by atoms with E-state index in [4.69, 9.17) is 0 Å². The summed E-state index contributed by atoms with van der Waals surface area (Å²) in [4.78, 5) is 13.3. The van der Waals surface area contributed by atoms with Crippen molar-refractivity contribution in [3.63, 3.8) is 0 Å². The zero-order valence-electron chi connectivity index (χ0n) is 10.7. The highest BCUT2D eigenvalue weighted by Crippen LogP contribution is 2.18. The number of hydrogen-bond donors (Lipinski definition) is 1. The molecule has 0 bridgehead atoms. The number of ether oxygens (including phenoxy) is 1. The molecule has 0 aromatic heterocycles. The van der Waals surface area contributed by atoms with Crippen LogP contribution in [0.4, 0.5) is 9.18 Å². The molecule has 1 aliphatic rings. The van der Waals surface area contributed by atoms with Crippen LogP contribution in [0.2, 0.25) is 0 Å². The van der Waals surface area contributed by atoms with Crippen LogP contribution in [0.1, 0.15) is 12.0 Å². The van der Waals surface area contributed by atoms with Crippen LogP contribution in [0.25, 0.3) is 0 Å². The number of halogens is 2. The first-order valence-electron chi connectivity index (χ1n) is 6.08. The van der Waals surface area contributed by atoms with Gasteiger partial charge in [0.25, 0.3) is 0 Å². The molecule has 0 spiro atoms. The van der Waals surface area contributed by atoms with E-state index in [2.05, 4.69) is 30.9 Å². The van der Waals surface area contributed by atoms with Gasteiger partial charge in [-0.15, -0.1) is 0 Å². The van der Waals surface area contributed by atoms with E-state index in [0.717, 1.165) is 29.5 Å². The van der Waals surface area contributed by atoms with E-state index >= 15 is 0 Å². The number of rotatable bonds is 3. The standard InChI is InChI=1S/C13H16BrFN2O2/c1-19-13(18)16-12-2-3-17(8-12)7-9-4-10(14)6-11(15)5-9/h4-6,12H,2-3,7-8H2,1H3,(H,16,18). The van der Waals surface area contributed by atoms with Gasteiger partial charge in [-0.05, 0) is 30.2 Å². The maximum Gasteiger partial charge on any atom is 0.407 e. The molecule has 1 saturated heterocycles. The predicted molar refractivity (Wildman–Crippen MR) is 73.3 cm³/mol. The van der Waals surface area contributed by atoms with Gasteiger partial charge in [-0.25, -0.2) is 9.18 Å². The van der Waals surface area contributed by atoms with Gasteiger partial charge in [-0.1, -0.05) is 15.9 Å². The molecular formula is C13H16BrFN2O2. The van der Waals surface area contributed by atoms with E-state index in [9.17, 15) is 9.18 Å². The van der Waals surface area contributed by atoms with E-state index in [1.165, 1.54) is 19.2 Å². The highest BCUT2D eigenvalue weighted by atomic mass is 79.9. The van der Waals surface area contributed by atoms with Crippen molar-refractivity contribution in [3.8, 4) is 0 Å². The molecule has 104 valence electrons. The highest BCUT2D eigenvalue weighted by molar-refractivity contribution is 9.10. The number of alkyl carbamates (subject to hydrolysis) is 1. The summed E-state index contributed by atoms with van der Waals surface area (Å²) in [5.74, 6) is -0.243. The van der Waals surface area contributed by atoms with Crippen molar-refractivity contribution < 1.29 is 13.9 Å². The molecule has 1 N–H and O–H groups in total. The minimum atomic E-state index is -0.402. The van der Waals surface area contributed by atoms with Crippen molar-refractivity contribution in [2.75, 3.05) is 20.2 Å². The zero-order chi connectivity index (χ0) is 13.8. The summed E-state index contributed by atoms with van der Waals surface area (Å²) in [6, 6.07) is 4.98. The van der Waals surface area contributed by atoms with Crippen molar-refractivity contribution in [1.82, 2.24) is 10.2 Å². The summed E-state index contributed by atoms with van der Waals surface area (Å²) in [6.45, 7) is 2.31. The number of nitrogens with one attached hydrogen (secondary N) is 1. The fourth-order valence-electron chi connectivity index (χ4n) is 2.28. The number of methoxy groups -OCH3 is 1. The molecule has 1 fully saturated rings. The lowest BCUT2D eigenvalue weighted by molar-refractivity contribution is 0.166. The van der Waals surface area contributed by atoms with Gasteiger partial charge in [0, 0.05) is 30.1 Å². The summed E-state index contributed by atoms with van der Waals surface area (Å²) in [5.41, 5.74) is 0.922. The van der Waals surface area contributed by atoms with Crippen LogP contribution in [-0.4, -0.2) is 37.2 Å². The topological polar surface area (TPSA) is 41.6 Å². The second-order valence-corrected chi connectivity index (χ2v) is 5.55. The molecule has 1 unspecified atom stereocenters. The lowest BCUT2D eigenvalue weighted by atomic mass is 10.2. The fraction of sp³-hybridized carbons (Fsp3) is 0.462. The predicted octanol–water partition coefficient (Wildman–Crippen LogP) is 2.52. The van der Waals surface area contributed by atoms with Crippen LogP contribution in [0.5, 0.6) is 0 Å². The molecule has 0 aliphatic carbocycles. The lowest BCUT2D eigenvalue weighted by Crippen LogP contribution is -2.36. The van der Waals surface area contributed by atoms with Crippen molar-refractivity contribution in [3.05, 3.63) is 34.1 Å². The van der Waals surface area contributed by atoms with Gasteiger partial charge in [0.1, 0.15) is 5.82 Å². The number of carbonyl (C=O) groups excluding carboxylic acids is 1. The number of amides is 1. The third kappa shape index (κ3) is 4.18. The summed E-state index contributed by atoms with van der Waals surface area (Å²) in [7, 11) is 1.35. The van der Waals surface area contributed by atoms with Crippen LogP contribution in [0.15, 0.2) is 22.7 Å². The Kier molecular flexibility index (Phi) is 4.76. The van der Waals surface area contributed by atoms with Crippen molar-refractivity contribution in [2.45, 2.75) is 19.0 Å². The van der Waals surface area contributed by atoms with Crippen molar-refractivity contribution >= 4 is 22.0 Å². The molecule has 1 aromatic carbocycles. The van der Waals surface area contributed by atoms with Crippen LogP contribution in [-0.2, 0) is 11.3 Å². The molecule has 4 nitrogen and oxygen atoms in total. The number of likely N-dealkylation sites (tertiary alicyclic amines) is 1. The maximum absolute atomic E-state index is 13.3. The first kappa shape index (κ1) is 14.3. The molecular weight excluding hydrogens is 315 g/mol. The molecule has 0 radical (unpaired) electrons. The number of hydrogen-bond acceptors (Lipinski definition) is 3. The Labute approximate surface area is 120 Å². The fourth-order valence-corrected chi connectivity index (χ4v) is 2.79. The summed E-state index contributed by atoms with van der Waals surface area (Å²) in [5, 5.41) is 2.78. The summed E-state index contributed by atoms with van der Waals surface area (Å²) >= 11 is 3.28. The Morgan fingerprint density at radius 1 is 1.58 bits per heavy atom. The third-order valence-electron chi connectivity index (χ3n) is 3.11. The van der Waals surface area contributed by atoms with Crippen LogP contribution >= 0.6 is 15.9 Å². The number of nitrogens with zero attached hydrogens (tertiary/aromatic N) is 1. The second kappa shape index (κ2) is 6.34. The summed E-state index contributed by atoms with van der Waals surface area (Å²) < 4.78 is 18.6. The number of carbonyl (C=O) groups is 1. The Hall–Kier alpha value is -1.14. The average Bonchev–Trinajstić information content (AvgIpc) is 2.74. The normalized spacial score (nSPS) is 19.4. The van der Waals surface area contributed by atoms with Gasteiger partial charge >= 0.3 is 6.09 Å². The van der Waals surface area contributed by atoms with E-state index in [1.807, 2.05) is 6.07 Å². The first-order chi connectivity index (χ1) is 9.06. The molecule has 1 aliphatic heterocycles. The molecule has 19 heavy (non-hydrogen) atoms. The minimum absolute atomic E-state index is 0.101. The Morgan fingerprint density at radius 2 is 2.37 bits per heavy atom. The largest absolute Gasteiger partial charge is 0.453 e. The van der Waals surface area contributed by atoms with E-state index in [1.54, 1.807) is 0 Å². The molecule has 0 saturated carbocycles. The van der Waals surface area contributed by atoms with Gasteiger partial charge in [-0.2, -0.15) is 0 Å². The van der Waals surface area contributed by atoms with Crippen LogP contribution < -0.4 is 5.32 Å². The van der Waals surface area contributed by atoms with E-state index < -0.39 is 6.09 Å². The Morgan fingerprint density at radius 3 is 3.05 bits per heavy atom. The first-order valence-corrected chi connectivity index (χ1v) is 6.88. The van der Waals surface area contributed by atoms with Gasteiger partial charge in [0.2, 0.25) is 0 Å². The molecule has 1 atom stereocenters. The molecule has 1 aromatic rings. The van der Waals surface area contributed by atoms with Crippen molar-refractivity contribution in [2.24, 2.45) is 0 Å². The quantitative estimate of drug-likeness (QED) is 0.925. The second-order valence-electron chi connectivity index (χ2n) is 4.63. The van der Waals surface area contributed by atoms with Gasteiger partial charge < -0.3 is 10.1 Å². The monoisotopic (exact) mass is 330 g/mol. The third-order valence-corrected chi connectivity index (χ3v) is 3.57. The number of benzene rings is 1. The minimum Gasteiger partial charge on any atom is -0.453 e. The molecule has 6 heteroatoms.